The molecule has 6 N–H and O–H groups in total. The van der Waals surface area contributed by atoms with Gasteiger partial charge in [0.2, 0.25) is 0 Å². The molecule has 2 amide bonds. The summed E-state index contributed by atoms with van der Waals surface area (Å²) in [6.45, 7) is 1.38. The number of amides is 2. The topological polar surface area (TPSA) is 141 Å². The standard InChI is InChI=1S/C25H24ClF4N7O3S/c26-18-3-2-15(25(28,29)30)10-21(18)35-24(38)34-20-4-1-14(9-19(20)27)17-11-16(37-22(17)23(31)32-13-33-37)12-36-5-7-41(39,40)8-6-36/h1-4,9-11,13,39-40H,5-8,12H2,(H2,31,32,33)(H2,34,35,38). The maximum atomic E-state index is 15.1. The van der Waals surface area contributed by atoms with Crippen molar-refractivity contribution in [3.05, 3.63) is 70.9 Å². The Bertz CT molecular complexity index is 1620. The predicted octanol–water partition coefficient (Wildman–Crippen LogP) is 6.00. The molecule has 0 atom stereocenters. The van der Waals surface area contributed by atoms with E-state index in [1.54, 1.807) is 10.6 Å². The van der Waals surface area contributed by atoms with Crippen molar-refractivity contribution < 1.29 is 31.5 Å². The summed E-state index contributed by atoms with van der Waals surface area (Å²) in [5.74, 6) is -0.111. The van der Waals surface area contributed by atoms with Crippen LogP contribution in [0.1, 0.15) is 11.3 Å². The smallest absolute Gasteiger partial charge is 0.382 e. The SMILES string of the molecule is Nc1ncnn2c(CN3CCS(O)(O)CC3)cc(-c3ccc(NC(=O)Nc4cc(C(F)(F)F)ccc4Cl)c(F)c3)c12. The maximum absolute atomic E-state index is 15.1. The molecule has 1 saturated heterocycles. The highest BCUT2D eigenvalue weighted by Gasteiger charge is 2.31. The number of nitrogens with one attached hydrogen (secondary N) is 2. The number of aromatic nitrogens is 3. The van der Waals surface area contributed by atoms with Gasteiger partial charge in [0.25, 0.3) is 0 Å². The molecule has 4 aromatic rings. The van der Waals surface area contributed by atoms with E-state index >= 15 is 4.39 Å². The van der Waals surface area contributed by atoms with E-state index in [0.29, 0.717) is 42.3 Å². The molecule has 10 nitrogen and oxygen atoms in total. The second kappa shape index (κ2) is 11.0. The highest BCUT2D eigenvalue weighted by atomic mass is 35.5. The monoisotopic (exact) mass is 613 g/mol. The summed E-state index contributed by atoms with van der Waals surface area (Å²) in [7, 11) is -2.56. The minimum Gasteiger partial charge on any atom is -0.382 e. The molecule has 3 heterocycles. The van der Waals surface area contributed by atoms with Crippen LogP contribution in [0, 0.1) is 5.82 Å². The number of anilines is 3. The van der Waals surface area contributed by atoms with Gasteiger partial charge in [0.15, 0.2) is 5.82 Å². The Morgan fingerprint density at radius 1 is 1.07 bits per heavy atom. The van der Waals surface area contributed by atoms with Gasteiger partial charge in [0.1, 0.15) is 17.7 Å². The van der Waals surface area contributed by atoms with Gasteiger partial charge < -0.3 is 16.4 Å². The van der Waals surface area contributed by atoms with E-state index in [-0.39, 0.29) is 33.7 Å². The molecule has 2 aromatic heterocycles. The number of urea groups is 1. The zero-order valence-electron chi connectivity index (χ0n) is 21.1. The zero-order chi connectivity index (χ0) is 29.5. The minimum atomic E-state index is -4.64. The minimum absolute atomic E-state index is 0.127. The number of nitrogens with zero attached hydrogens (tertiary/aromatic N) is 4. The fraction of sp³-hybridized carbons (Fsp3) is 0.240. The van der Waals surface area contributed by atoms with Crippen molar-refractivity contribution >= 4 is 50.9 Å². The van der Waals surface area contributed by atoms with Crippen LogP contribution in [-0.4, -0.2) is 59.2 Å². The van der Waals surface area contributed by atoms with Crippen molar-refractivity contribution in [1.82, 2.24) is 19.5 Å². The van der Waals surface area contributed by atoms with Crippen molar-refractivity contribution in [2.75, 3.05) is 41.0 Å². The third kappa shape index (κ3) is 6.33. The number of hydrogen-bond acceptors (Lipinski definition) is 7. The van der Waals surface area contributed by atoms with E-state index in [0.717, 1.165) is 17.8 Å². The van der Waals surface area contributed by atoms with E-state index in [9.17, 15) is 27.1 Å². The number of hydrogen-bond donors (Lipinski definition) is 5. The Labute approximate surface area is 237 Å². The van der Waals surface area contributed by atoms with Crippen molar-refractivity contribution in [3.63, 3.8) is 0 Å². The Morgan fingerprint density at radius 3 is 2.46 bits per heavy atom. The summed E-state index contributed by atoms with van der Waals surface area (Å²) in [5, 5.41) is 8.64. The molecule has 1 aliphatic heterocycles. The Hall–Kier alpha value is -3.63. The Balaban J connectivity index is 1.37. The number of fused-ring (bicyclic) bond motifs is 1. The Morgan fingerprint density at radius 2 is 1.78 bits per heavy atom. The van der Waals surface area contributed by atoms with E-state index in [2.05, 4.69) is 20.7 Å². The van der Waals surface area contributed by atoms with Crippen LogP contribution in [0.15, 0.2) is 48.8 Å². The third-order valence-electron chi connectivity index (χ3n) is 6.58. The molecule has 0 saturated carbocycles. The molecular formula is C25H24ClF4N7O3S. The fourth-order valence-electron chi connectivity index (χ4n) is 4.47. The molecule has 218 valence electrons. The highest BCUT2D eigenvalue weighted by molar-refractivity contribution is 8.24. The summed E-state index contributed by atoms with van der Waals surface area (Å²) in [6, 6.07) is 7.27. The summed E-state index contributed by atoms with van der Waals surface area (Å²) in [4.78, 5) is 18.6. The maximum Gasteiger partial charge on any atom is 0.416 e. The van der Waals surface area contributed by atoms with Gasteiger partial charge in [-0.15, -0.1) is 0 Å². The molecule has 16 heteroatoms. The first-order chi connectivity index (χ1) is 19.3. The molecule has 1 aliphatic rings. The van der Waals surface area contributed by atoms with Gasteiger partial charge in [-0.2, -0.15) is 28.9 Å². The number of benzene rings is 2. The molecule has 1 fully saturated rings. The molecule has 0 spiro atoms. The number of rotatable bonds is 5. The van der Waals surface area contributed by atoms with Crippen LogP contribution in [0.5, 0.6) is 0 Å². The van der Waals surface area contributed by atoms with Crippen LogP contribution >= 0.6 is 22.2 Å². The molecule has 0 bridgehead atoms. The lowest BCUT2D eigenvalue weighted by Gasteiger charge is -2.40. The van der Waals surface area contributed by atoms with Crippen molar-refractivity contribution in [3.8, 4) is 11.1 Å². The first-order valence-electron chi connectivity index (χ1n) is 12.1. The van der Waals surface area contributed by atoms with Gasteiger partial charge in [-0.25, -0.2) is 18.7 Å². The lowest BCUT2D eigenvalue weighted by molar-refractivity contribution is -0.137. The average molecular weight is 614 g/mol. The average Bonchev–Trinajstić information content (AvgIpc) is 3.26. The van der Waals surface area contributed by atoms with Gasteiger partial charge in [-0.05, 0) is 42.0 Å². The van der Waals surface area contributed by atoms with Gasteiger partial charge in [-0.1, -0.05) is 17.7 Å². The lowest BCUT2D eigenvalue weighted by Crippen LogP contribution is -2.38. The number of carbonyl (C=O) groups is 1. The number of nitrogen functional groups attached to an aromatic ring is 1. The predicted molar refractivity (Wildman–Crippen MR) is 150 cm³/mol. The molecule has 0 radical (unpaired) electrons. The fourth-order valence-corrected chi connectivity index (χ4v) is 5.94. The van der Waals surface area contributed by atoms with Crippen molar-refractivity contribution in [2.24, 2.45) is 0 Å². The molecular weight excluding hydrogens is 590 g/mol. The largest absolute Gasteiger partial charge is 0.416 e. The van der Waals surface area contributed by atoms with E-state index in [1.807, 2.05) is 4.90 Å². The second-order valence-corrected chi connectivity index (χ2v) is 12.2. The quantitative estimate of drug-likeness (QED) is 0.174. The van der Waals surface area contributed by atoms with E-state index < -0.39 is 34.2 Å². The third-order valence-corrected chi connectivity index (χ3v) is 8.58. The molecule has 2 aromatic carbocycles. The molecule has 0 unspecified atom stereocenters. The van der Waals surface area contributed by atoms with Crippen LogP contribution < -0.4 is 16.4 Å². The van der Waals surface area contributed by atoms with E-state index in [1.165, 1.54) is 24.5 Å². The van der Waals surface area contributed by atoms with Crippen LogP contribution in [-0.2, 0) is 12.7 Å². The normalized spacial score (nSPS) is 16.5. The summed E-state index contributed by atoms with van der Waals surface area (Å²) in [5.41, 5.74) is 6.73. The first kappa shape index (κ1) is 28.9. The van der Waals surface area contributed by atoms with Crippen molar-refractivity contribution in [2.45, 2.75) is 12.7 Å². The molecule has 41 heavy (non-hydrogen) atoms. The number of alkyl halides is 3. The number of carbonyl (C=O) groups excluding carboxylic acids is 1. The highest BCUT2D eigenvalue weighted by Crippen LogP contribution is 2.41. The van der Waals surface area contributed by atoms with Gasteiger partial charge in [0, 0.05) is 25.2 Å². The lowest BCUT2D eigenvalue weighted by atomic mass is 10.1. The van der Waals surface area contributed by atoms with Gasteiger partial charge in [0.05, 0.1) is 39.2 Å². The number of nitrogens with two attached hydrogens (primary N) is 1. The van der Waals surface area contributed by atoms with Crippen molar-refractivity contribution in [1.29, 1.82) is 0 Å². The van der Waals surface area contributed by atoms with Crippen LogP contribution in [0.2, 0.25) is 5.02 Å². The zero-order valence-corrected chi connectivity index (χ0v) is 22.7. The van der Waals surface area contributed by atoms with Gasteiger partial charge >= 0.3 is 12.2 Å². The first-order valence-corrected chi connectivity index (χ1v) is 14.4. The molecule has 5 rings (SSSR count). The summed E-state index contributed by atoms with van der Waals surface area (Å²) in [6.07, 6.45) is -3.35. The Kier molecular flexibility index (Phi) is 7.74. The second-order valence-electron chi connectivity index (χ2n) is 9.41. The van der Waals surface area contributed by atoms with Gasteiger partial charge in [-0.3, -0.25) is 14.0 Å². The molecule has 0 aliphatic carbocycles. The van der Waals surface area contributed by atoms with E-state index in [4.69, 9.17) is 17.3 Å². The van der Waals surface area contributed by atoms with Crippen LogP contribution in [0.4, 0.5) is 39.5 Å². The van der Waals surface area contributed by atoms with Crippen LogP contribution in [0.25, 0.3) is 16.6 Å². The number of halogens is 5. The van der Waals surface area contributed by atoms with Crippen LogP contribution in [0.3, 0.4) is 0 Å². The summed E-state index contributed by atoms with van der Waals surface area (Å²) < 4.78 is 75.6. The summed E-state index contributed by atoms with van der Waals surface area (Å²) >= 11 is 5.92.